The monoisotopic (exact) mass is 170 g/mol. The zero-order valence-electron chi connectivity index (χ0n) is 6.75. The van der Waals surface area contributed by atoms with Gasteiger partial charge < -0.3 is 0 Å². The van der Waals surface area contributed by atoms with E-state index in [1.807, 2.05) is 18.2 Å². The van der Waals surface area contributed by atoms with E-state index in [9.17, 15) is 0 Å². The number of hydrogen-bond acceptors (Lipinski definition) is 3. The highest BCUT2D eigenvalue weighted by Crippen LogP contribution is 2.04. The fourth-order valence-corrected chi connectivity index (χ4v) is 1.02. The lowest BCUT2D eigenvalue weighted by Gasteiger charge is -1.97. The van der Waals surface area contributed by atoms with Crippen molar-refractivity contribution < 1.29 is 0 Å². The summed E-state index contributed by atoms with van der Waals surface area (Å²) in [6.07, 6.45) is 5.11. The highest BCUT2D eigenvalue weighted by Gasteiger charge is 1.98. The van der Waals surface area contributed by atoms with E-state index in [1.54, 1.807) is 29.3 Å². The Bertz CT molecular complexity index is 438. The molecule has 0 N–H and O–H groups in total. The highest BCUT2D eigenvalue weighted by atomic mass is 15.3. The van der Waals surface area contributed by atoms with Crippen LogP contribution < -0.4 is 0 Å². The summed E-state index contributed by atoms with van der Waals surface area (Å²) in [5, 5.41) is 12.6. The zero-order chi connectivity index (χ0) is 9.10. The smallest absolute Gasteiger partial charge is 0.162 e. The van der Waals surface area contributed by atoms with Crippen LogP contribution in [0.1, 0.15) is 5.69 Å². The van der Waals surface area contributed by atoms with Crippen LogP contribution in [0, 0.1) is 11.3 Å². The molecule has 0 aliphatic rings. The van der Waals surface area contributed by atoms with Crippen molar-refractivity contribution in [2.24, 2.45) is 0 Å². The third-order valence-corrected chi connectivity index (χ3v) is 1.63. The molecule has 0 atom stereocenters. The lowest BCUT2D eigenvalue weighted by Crippen LogP contribution is -1.94. The predicted molar refractivity (Wildman–Crippen MR) is 46.1 cm³/mol. The van der Waals surface area contributed by atoms with E-state index in [0.29, 0.717) is 5.69 Å². The summed E-state index contributed by atoms with van der Waals surface area (Å²) in [4.78, 5) is 3.89. The molecule has 4 nitrogen and oxygen atoms in total. The summed E-state index contributed by atoms with van der Waals surface area (Å²) in [5.41, 5.74) is 1.31. The fraction of sp³-hybridized carbons (Fsp3) is 0. The summed E-state index contributed by atoms with van der Waals surface area (Å²) in [5.74, 6) is 0. The van der Waals surface area contributed by atoms with Crippen LogP contribution in [-0.2, 0) is 0 Å². The molecule has 0 bridgehead atoms. The van der Waals surface area contributed by atoms with Crippen molar-refractivity contribution in [3.63, 3.8) is 0 Å². The summed E-state index contributed by atoms with van der Waals surface area (Å²) < 4.78 is 1.64. The molecule has 0 unspecified atom stereocenters. The van der Waals surface area contributed by atoms with E-state index in [2.05, 4.69) is 10.1 Å². The molecule has 0 saturated carbocycles. The second kappa shape index (κ2) is 3.07. The van der Waals surface area contributed by atoms with Gasteiger partial charge in [-0.1, -0.05) is 0 Å². The van der Waals surface area contributed by atoms with Gasteiger partial charge in [0.25, 0.3) is 0 Å². The molecule has 0 spiro atoms. The molecule has 0 saturated heterocycles. The van der Waals surface area contributed by atoms with Gasteiger partial charge in [-0.15, -0.1) is 0 Å². The van der Waals surface area contributed by atoms with Crippen LogP contribution in [0.15, 0.2) is 36.8 Å². The Morgan fingerprint density at radius 2 is 2.00 bits per heavy atom. The molecule has 13 heavy (non-hydrogen) atoms. The van der Waals surface area contributed by atoms with Gasteiger partial charge in [0.1, 0.15) is 6.07 Å². The quantitative estimate of drug-likeness (QED) is 0.644. The maximum absolute atomic E-state index is 8.56. The highest BCUT2D eigenvalue weighted by molar-refractivity contribution is 5.29. The molecule has 2 aromatic rings. The maximum Gasteiger partial charge on any atom is 0.162 e. The Balaban J connectivity index is 2.43. The average Bonchev–Trinajstić information content (AvgIpc) is 2.67. The third kappa shape index (κ3) is 1.40. The number of nitrogens with zero attached hydrogens (tertiary/aromatic N) is 4. The van der Waals surface area contributed by atoms with Gasteiger partial charge in [-0.3, -0.25) is 4.98 Å². The molecule has 62 valence electrons. The predicted octanol–water partition coefficient (Wildman–Crippen LogP) is 1.14. The first-order valence-corrected chi connectivity index (χ1v) is 3.76. The maximum atomic E-state index is 8.56. The van der Waals surface area contributed by atoms with Gasteiger partial charge in [-0.25, -0.2) is 4.68 Å². The van der Waals surface area contributed by atoms with Crippen molar-refractivity contribution in [3.8, 4) is 11.8 Å². The van der Waals surface area contributed by atoms with Crippen LogP contribution in [0.2, 0.25) is 0 Å². The molecule has 0 aliphatic heterocycles. The molecule has 0 aromatic carbocycles. The molecule has 2 rings (SSSR count). The van der Waals surface area contributed by atoms with Gasteiger partial charge in [0.15, 0.2) is 5.69 Å². The molecule has 0 fully saturated rings. The van der Waals surface area contributed by atoms with Crippen LogP contribution >= 0.6 is 0 Å². The van der Waals surface area contributed by atoms with E-state index in [4.69, 9.17) is 5.26 Å². The van der Waals surface area contributed by atoms with Crippen molar-refractivity contribution in [3.05, 3.63) is 42.5 Å². The molecule has 0 radical (unpaired) electrons. The number of rotatable bonds is 1. The topological polar surface area (TPSA) is 54.5 Å². The van der Waals surface area contributed by atoms with E-state index < -0.39 is 0 Å². The zero-order valence-corrected chi connectivity index (χ0v) is 6.75. The minimum absolute atomic E-state index is 0.414. The summed E-state index contributed by atoms with van der Waals surface area (Å²) in [6, 6.07) is 7.29. The first kappa shape index (κ1) is 7.50. The summed E-state index contributed by atoms with van der Waals surface area (Å²) in [6.45, 7) is 0. The number of nitriles is 1. The van der Waals surface area contributed by atoms with E-state index in [1.165, 1.54) is 0 Å². The third-order valence-electron chi connectivity index (χ3n) is 1.63. The SMILES string of the molecule is N#Cc1ccn(-c2ccncc2)n1. The molecule has 4 heteroatoms. The molecular formula is C9H6N4. The van der Waals surface area contributed by atoms with Gasteiger partial charge in [0.05, 0.1) is 5.69 Å². The van der Waals surface area contributed by atoms with E-state index in [-0.39, 0.29) is 0 Å². The van der Waals surface area contributed by atoms with Crippen LogP contribution in [-0.4, -0.2) is 14.8 Å². The van der Waals surface area contributed by atoms with Crippen molar-refractivity contribution in [2.45, 2.75) is 0 Å². The number of hydrogen-bond donors (Lipinski definition) is 0. The van der Waals surface area contributed by atoms with Gasteiger partial charge in [-0.05, 0) is 18.2 Å². The van der Waals surface area contributed by atoms with Crippen molar-refractivity contribution >= 4 is 0 Å². The van der Waals surface area contributed by atoms with Gasteiger partial charge in [-0.2, -0.15) is 10.4 Å². The number of aromatic nitrogens is 3. The standard InChI is InChI=1S/C9H6N4/c10-7-8-3-6-13(12-8)9-1-4-11-5-2-9/h1-6H. The lowest BCUT2D eigenvalue weighted by molar-refractivity contribution is 0.870. The first-order chi connectivity index (χ1) is 6.40. The molecule has 0 amide bonds. The minimum atomic E-state index is 0.414. The van der Waals surface area contributed by atoms with Crippen molar-refractivity contribution in [1.29, 1.82) is 5.26 Å². The molecule has 2 aromatic heterocycles. The van der Waals surface area contributed by atoms with Crippen molar-refractivity contribution in [2.75, 3.05) is 0 Å². The number of pyridine rings is 1. The first-order valence-electron chi connectivity index (χ1n) is 3.76. The van der Waals surface area contributed by atoms with E-state index >= 15 is 0 Å². The summed E-state index contributed by atoms with van der Waals surface area (Å²) in [7, 11) is 0. The molecule has 0 aliphatic carbocycles. The van der Waals surface area contributed by atoms with E-state index in [0.717, 1.165) is 5.69 Å². The Labute approximate surface area is 75.1 Å². The Kier molecular flexibility index (Phi) is 1.77. The van der Waals surface area contributed by atoms with Crippen molar-refractivity contribution in [1.82, 2.24) is 14.8 Å². The van der Waals surface area contributed by atoms with Crippen LogP contribution in [0.5, 0.6) is 0 Å². The van der Waals surface area contributed by atoms with Gasteiger partial charge in [0, 0.05) is 18.6 Å². The fourth-order valence-electron chi connectivity index (χ4n) is 1.02. The van der Waals surface area contributed by atoms with Gasteiger partial charge >= 0.3 is 0 Å². The Hall–Kier alpha value is -2.15. The Morgan fingerprint density at radius 1 is 1.23 bits per heavy atom. The largest absolute Gasteiger partial charge is 0.265 e. The molecular weight excluding hydrogens is 164 g/mol. The average molecular weight is 170 g/mol. The lowest BCUT2D eigenvalue weighted by atomic mass is 10.4. The second-order valence-electron chi connectivity index (χ2n) is 2.46. The summed E-state index contributed by atoms with van der Waals surface area (Å²) >= 11 is 0. The van der Waals surface area contributed by atoms with Crippen LogP contribution in [0.3, 0.4) is 0 Å². The molecule has 2 heterocycles. The van der Waals surface area contributed by atoms with Crippen LogP contribution in [0.25, 0.3) is 5.69 Å². The second-order valence-corrected chi connectivity index (χ2v) is 2.46. The normalized spacial score (nSPS) is 9.46. The Morgan fingerprint density at radius 3 is 2.62 bits per heavy atom. The van der Waals surface area contributed by atoms with Gasteiger partial charge in [0.2, 0.25) is 0 Å². The minimum Gasteiger partial charge on any atom is -0.265 e. The van der Waals surface area contributed by atoms with Crippen LogP contribution in [0.4, 0.5) is 0 Å².